The van der Waals surface area contributed by atoms with Gasteiger partial charge >= 0.3 is 0 Å². The number of aromatic nitrogens is 2. The maximum atomic E-state index is 4.55. The van der Waals surface area contributed by atoms with Crippen LogP contribution in [0, 0.1) is 0 Å². The molecule has 0 atom stereocenters. The summed E-state index contributed by atoms with van der Waals surface area (Å²) in [6, 6.07) is 0. The van der Waals surface area contributed by atoms with E-state index in [0.29, 0.717) is 5.92 Å². The van der Waals surface area contributed by atoms with Crippen LogP contribution in [0.5, 0.6) is 0 Å². The van der Waals surface area contributed by atoms with Gasteiger partial charge in [0, 0.05) is 11.0 Å². The van der Waals surface area contributed by atoms with E-state index >= 15 is 0 Å². The number of nitrogens with zero attached hydrogens (tertiary/aromatic N) is 2. The Morgan fingerprint density at radius 2 is 1.41 bits per heavy atom. The topological polar surface area (TPSA) is 25.8 Å². The highest BCUT2D eigenvalue weighted by Crippen LogP contribution is 2.36. The van der Waals surface area contributed by atoms with E-state index in [9.17, 15) is 0 Å². The molecule has 2 nitrogen and oxygen atoms in total. The van der Waals surface area contributed by atoms with Crippen molar-refractivity contribution in [3.8, 4) is 0 Å². The molecule has 0 aliphatic carbocycles. The lowest BCUT2D eigenvalue weighted by atomic mass is 9.76. The Hall–Kier alpha value is -0.920. The lowest BCUT2D eigenvalue weighted by Gasteiger charge is -2.31. The third kappa shape index (κ3) is 3.05. The van der Waals surface area contributed by atoms with Crippen LogP contribution in [-0.2, 0) is 10.8 Å². The van der Waals surface area contributed by atoms with E-state index in [1.165, 1.54) is 17.0 Å². The number of hydrogen-bond donors (Lipinski definition) is 0. The zero-order chi connectivity index (χ0) is 13.4. The highest BCUT2D eigenvalue weighted by atomic mass is 14.9. The van der Waals surface area contributed by atoms with E-state index in [2.05, 4.69) is 65.4 Å². The zero-order valence-corrected chi connectivity index (χ0v) is 12.5. The molecule has 0 N–H and O–H groups in total. The van der Waals surface area contributed by atoms with Gasteiger partial charge in [-0.2, -0.15) is 0 Å². The molecule has 0 bridgehead atoms. The second-order valence-electron chi connectivity index (χ2n) is 7.14. The minimum atomic E-state index is 0.0647. The van der Waals surface area contributed by atoms with Crippen LogP contribution >= 0.6 is 0 Å². The fourth-order valence-corrected chi connectivity index (χ4v) is 2.15. The second-order valence-corrected chi connectivity index (χ2v) is 7.14. The Morgan fingerprint density at radius 1 is 0.882 bits per heavy atom. The summed E-state index contributed by atoms with van der Waals surface area (Å²) in [5.41, 5.74) is 3.85. The SMILES string of the molecule is CC(C)c1ncnc(C(C)(C)C)c1C(C)(C)C. The molecule has 0 fully saturated rings. The Kier molecular flexibility index (Phi) is 3.66. The molecule has 1 rings (SSSR count). The first-order chi connectivity index (χ1) is 7.55. The van der Waals surface area contributed by atoms with E-state index in [4.69, 9.17) is 0 Å². The molecule has 0 saturated carbocycles. The van der Waals surface area contributed by atoms with Gasteiger partial charge in [-0.1, -0.05) is 55.4 Å². The first-order valence-corrected chi connectivity index (χ1v) is 6.41. The molecule has 0 aromatic carbocycles. The molecule has 1 heterocycles. The van der Waals surface area contributed by atoms with Crippen LogP contribution in [0.1, 0.15) is 78.3 Å². The molecule has 0 unspecified atom stereocenters. The van der Waals surface area contributed by atoms with Crippen LogP contribution < -0.4 is 0 Å². The van der Waals surface area contributed by atoms with Crippen molar-refractivity contribution in [2.24, 2.45) is 0 Å². The van der Waals surface area contributed by atoms with Crippen molar-refractivity contribution in [2.75, 3.05) is 0 Å². The number of rotatable bonds is 1. The third-order valence-electron chi connectivity index (χ3n) is 2.88. The highest BCUT2D eigenvalue weighted by Gasteiger charge is 2.30. The minimum absolute atomic E-state index is 0.0647. The molecule has 1 aromatic heterocycles. The smallest absolute Gasteiger partial charge is 0.115 e. The van der Waals surface area contributed by atoms with E-state index < -0.39 is 0 Å². The summed E-state index contributed by atoms with van der Waals surface area (Å²) in [7, 11) is 0. The Labute approximate surface area is 106 Å². The molecule has 0 aliphatic rings. The van der Waals surface area contributed by atoms with Crippen LogP contribution in [0.3, 0.4) is 0 Å². The molecule has 0 spiro atoms. The maximum Gasteiger partial charge on any atom is 0.115 e. The summed E-state index contributed by atoms with van der Waals surface area (Å²) < 4.78 is 0. The molecule has 0 amide bonds. The fourth-order valence-electron chi connectivity index (χ4n) is 2.15. The molecule has 0 saturated heterocycles. The average Bonchev–Trinajstić information content (AvgIpc) is 2.13. The van der Waals surface area contributed by atoms with Crippen molar-refractivity contribution in [3.05, 3.63) is 23.3 Å². The summed E-state index contributed by atoms with van der Waals surface area (Å²) in [5, 5.41) is 0. The van der Waals surface area contributed by atoms with E-state index in [1.807, 2.05) is 0 Å². The van der Waals surface area contributed by atoms with Gasteiger partial charge in [-0.25, -0.2) is 9.97 Å². The second kappa shape index (κ2) is 4.40. The van der Waals surface area contributed by atoms with Crippen molar-refractivity contribution in [1.29, 1.82) is 0 Å². The van der Waals surface area contributed by atoms with Crippen LogP contribution in [0.2, 0.25) is 0 Å². The third-order valence-corrected chi connectivity index (χ3v) is 2.88. The standard InChI is InChI=1S/C15H26N2/c1-10(2)12-11(14(3,4)5)13(15(6,7)8)17-9-16-12/h9-10H,1-8H3. The lowest BCUT2D eigenvalue weighted by molar-refractivity contribution is 0.499. The Bertz CT molecular complexity index is 392. The summed E-state index contributed by atoms with van der Waals surface area (Å²) in [4.78, 5) is 9.06. The monoisotopic (exact) mass is 234 g/mol. The van der Waals surface area contributed by atoms with E-state index in [-0.39, 0.29) is 10.8 Å². The van der Waals surface area contributed by atoms with Gasteiger partial charge in [0.1, 0.15) is 6.33 Å². The normalized spacial score (nSPS) is 13.2. The molecular weight excluding hydrogens is 208 g/mol. The van der Waals surface area contributed by atoms with Crippen molar-refractivity contribution in [3.63, 3.8) is 0 Å². The largest absolute Gasteiger partial charge is 0.241 e. The van der Waals surface area contributed by atoms with E-state index in [0.717, 1.165) is 0 Å². The zero-order valence-electron chi connectivity index (χ0n) is 12.5. The molecular formula is C15H26N2. The van der Waals surface area contributed by atoms with Crippen molar-refractivity contribution in [2.45, 2.75) is 72.1 Å². The molecule has 0 radical (unpaired) electrons. The van der Waals surface area contributed by atoms with Crippen LogP contribution in [0.15, 0.2) is 6.33 Å². The molecule has 1 aromatic rings. The van der Waals surface area contributed by atoms with E-state index in [1.54, 1.807) is 6.33 Å². The maximum absolute atomic E-state index is 4.55. The summed E-state index contributed by atoms with van der Waals surface area (Å²) in [6.07, 6.45) is 1.71. The molecule has 0 aliphatic heterocycles. The Balaban J connectivity index is 3.58. The van der Waals surface area contributed by atoms with Crippen molar-refractivity contribution >= 4 is 0 Å². The van der Waals surface area contributed by atoms with Gasteiger partial charge in [0.15, 0.2) is 0 Å². The summed E-state index contributed by atoms with van der Waals surface area (Å²) in [5.74, 6) is 0.438. The first-order valence-electron chi connectivity index (χ1n) is 6.41. The summed E-state index contributed by atoms with van der Waals surface area (Å²) >= 11 is 0. The molecule has 96 valence electrons. The highest BCUT2D eigenvalue weighted by molar-refractivity contribution is 5.37. The lowest BCUT2D eigenvalue weighted by Crippen LogP contribution is -2.26. The predicted molar refractivity (Wildman–Crippen MR) is 73.5 cm³/mol. The van der Waals surface area contributed by atoms with Crippen LogP contribution in [0.25, 0.3) is 0 Å². The number of hydrogen-bond acceptors (Lipinski definition) is 2. The first kappa shape index (κ1) is 14.1. The van der Waals surface area contributed by atoms with Crippen LogP contribution in [-0.4, -0.2) is 9.97 Å². The van der Waals surface area contributed by atoms with Crippen LogP contribution in [0.4, 0.5) is 0 Å². The average molecular weight is 234 g/mol. The van der Waals surface area contributed by atoms with Gasteiger partial charge < -0.3 is 0 Å². The van der Waals surface area contributed by atoms with Gasteiger partial charge in [-0.3, -0.25) is 0 Å². The van der Waals surface area contributed by atoms with Crippen molar-refractivity contribution < 1.29 is 0 Å². The predicted octanol–water partition coefficient (Wildman–Crippen LogP) is 4.20. The minimum Gasteiger partial charge on any atom is -0.241 e. The molecule has 17 heavy (non-hydrogen) atoms. The van der Waals surface area contributed by atoms with Crippen molar-refractivity contribution in [1.82, 2.24) is 9.97 Å². The summed E-state index contributed by atoms with van der Waals surface area (Å²) in [6.45, 7) is 17.8. The van der Waals surface area contributed by atoms with Gasteiger partial charge in [-0.05, 0) is 11.3 Å². The quantitative estimate of drug-likeness (QED) is 0.728. The van der Waals surface area contributed by atoms with Gasteiger partial charge in [0.05, 0.1) is 11.4 Å². The Morgan fingerprint density at radius 3 is 1.76 bits per heavy atom. The van der Waals surface area contributed by atoms with Gasteiger partial charge in [0.25, 0.3) is 0 Å². The van der Waals surface area contributed by atoms with Gasteiger partial charge in [0.2, 0.25) is 0 Å². The molecule has 2 heteroatoms. The van der Waals surface area contributed by atoms with Gasteiger partial charge in [-0.15, -0.1) is 0 Å². The fraction of sp³-hybridized carbons (Fsp3) is 0.733.